The summed E-state index contributed by atoms with van der Waals surface area (Å²) >= 11 is 0. The van der Waals surface area contributed by atoms with Gasteiger partial charge in [0.15, 0.2) is 6.61 Å². The Morgan fingerprint density at radius 2 is 2.24 bits per heavy atom. The van der Waals surface area contributed by atoms with Crippen molar-refractivity contribution in [3.05, 3.63) is 29.8 Å². The van der Waals surface area contributed by atoms with Crippen LogP contribution < -0.4 is 16.5 Å². The Kier molecular flexibility index (Phi) is 3.24. The SMILES string of the molecule is NC(=O)CONC(=O)C1Cc2ccccc2N1. The van der Waals surface area contributed by atoms with Crippen LogP contribution in [0.1, 0.15) is 5.56 Å². The van der Waals surface area contributed by atoms with Crippen molar-refractivity contribution in [1.29, 1.82) is 0 Å². The van der Waals surface area contributed by atoms with Crippen molar-refractivity contribution >= 4 is 17.5 Å². The second kappa shape index (κ2) is 4.84. The van der Waals surface area contributed by atoms with Gasteiger partial charge in [0.2, 0.25) is 5.91 Å². The molecule has 4 N–H and O–H groups in total. The maximum absolute atomic E-state index is 11.6. The number of para-hydroxylation sites is 1. The van der Waals surface area contributed by atoms with Crippen LogP contribution >= 0.6 is 0 Å². The molecule has 0 aliphatic carbocycles. The van der Waals surface area contributed by atoms with Crippen molar-refractivity contribution in [2.24, 2.45) is 5.73 Å². The molecule has 17 heavy (non-hydrogen) atoms. The van der Waals surface area contributed by atoms with Gasteiger partial charge in [0.25, 0.3) is 5.91 Å². The van der Waals surface area contributed by atoms with E-state index in [1.807, 2.05) is 24.3 Å². The maximum Gasteiger partial charge on any atom is 0.266 e. The molecule has 1 atom stereocenters. The predicted octanol–water partition coefficient (Wildman–Crippen LogP) is -0.444. The first kappa shape index (κ1) is 11.4. The molecule has 90 valence electrons. The molecule has 1 aromatic carbocycles. The monoisotopic (exact) mass is 235 g/mol. The van der Waals surface area contributed by atoms with Gasteiger partial charge in [-0.2, -0.15) is 0 Å². The summed E-state index contributed by atoms with van der Waals surface area (Å²) in [5, 5.41) is 3.06. The molecule has 2 rings (SSSR count). The van der Waals surface area contributed by atoms with Crippen LogP contribution in [-0.2, 0) is 20.8 Å². The van der Waals surface area contributed by atoms with E-state index in [0.29, 0.717) is 6.42 Å². The number of benzene rings is 1. The Bertz CT molecular complexity index is 422. The summed E-state index contributed by atoms with van der Waals surface area (Å²) in [6, 6.07) is 7.31. The minimum absolute atomic E-state index is 0.317. The molecular formula is C11H13N3O3. The van der Waals surface area contributed by atoms with E-state index >= 15 is 0 Å². The van der Waals surface area contributed by atoms with Crippen LogP contribution in [0.3, 0.4) is 0 Å². The van der Waals surface area contributed by atoms with E-state index in [1.165, 1.54) is 0 Å². The number of nitrogens with one attached hydrogen (secondary N) is 2. The Morgan fingerprint density at radius 3 is 2.94 bits per heavy atom. The summed E-state index contributed by atoms with van der Waals surface area (Å²) in [5.74, 6) is -0.949. The molecule has 1 unspecified atom stereocenters. The predicted molar refractivity (Wildman–Crippen MR) is 60.8 cm³/mol. The number of amides is 2. The number of primary amides is 1. The number of rotatable bonds is 4. The molecule has 0 spiro atoms. The van der Waals surface area contributed by atoms with Gasteiger partial charge >= 0.3 is 0 Å². The van der Waals surface area contributed by atoms with Crippen LogP contribution in [-0.4, -0.2) is 24.5 Å². The zero-order valence-electron chi connectivity index (χ0n) is 9.10. The number of hydrogen-bond donors (Lipinski definition) is 3. The quantitative estimate of drug-likeness (QED) is 0.616. The molecule has 0 bridgehead atoms. The van der Waals surface area contributed by atoms with E-state index in [0.717, 1.165) is 11.3 Å². The molecule has 1 heterocycles. The topological polar surface area (TPSA) is 93.5 Å². The van der Waals surface area contributed by atoms with Crippen LogP contribution in [0.15, 0.2) is 24.3 Å². The number of anilines is 1. The lowest BCUT2D eigenvalue weighted by Crippen LogP contribution is -2.39. The average molecular weight is 235 g/mol. The Balaban J connectivity index is 1.86. The second-order valence-electron chi connectivity index (χ2n) is 3.78. The summed E-state index contributed by atoms with van der Waals surface area (Å²) < 4.78 is 0. The van der Waals surface area contributed by atoms with Gasteiger partial charge in [-0.25, -0.2) is 5.48 Å². The Labute approximate surface area is 98.1 Å². The first-order valence-corrected chi connectivity index (χ1v) is 5.21. The van der Waals surface area contributed by atoms with Crippen molar-refractivity contribution in [1.82, 2.24) is 5.48 Å². The fourth-order valence-electron chi connectivity index (χ4n) is 1.71. The highest BCUT2D eigenvalue weighted by molar-refractivity contribution is 5.86. The van der Waals surface area contributed by atoms with Crippen molar-refractivity contribution < 1.29 is 14.4 Å². The fourth-order valence-corrected chi connectivity index (χ4v) is 1.71. The van der Waals surface area contributed by atoms with Crippen LogP contribution in [0.5, 0.6) is 0 Å². The molecule has 0 aromatic heterocycles. The molecule has 0 saturated heterocycles. The summed E-state index contributed by atoms with van der Waals surface area (Å²) in [5.41, 5.74) is 9.09. The molecule has 0 saturated carbocycles. The van der Waals surface area contributed by atoms with Crippen LogP contribution in [0.2, 0.25) is 0 Å². The van der Waals surface area contributed by atoms with Gasteiger partial charge in [-0.3, -0.25) is 14.4 Å². The van der Waals surface area contributed by atoms with E-state index in [2.05, 4.69) is 15.6 Å². The van der Waals surface area contributed by atoms with Crippen molar-refractivity contribution in [2.75, 3.05) is 11.9 Å². The lowest BCUT2D eigenvalue weighted by molar-refractivity contribution is -0.138. The third kappa shape index (κ3) is 2.73. The normalized spacial score (nSPS) is 17.1. The number of hydroxylamine groups is 1. The van der Waals surface area contributed by atoms with Gasteiger partial charge in [0.05, 0.1) is 0 Å². The summed E-state index contributed by atoms with van der Waals surface area (Å²) in [6.45, 7) is -0.328. The van der Waals surface area contributed by atoms with E-state index < -0.39 is 5.91 Å². The average Bonchev–Trinajstić information content (AvgIpc) is 2.71. The molecule has 0 radical (unpaired) electrons. The van der Waals surface area contributed by atoms with E-state index in [1.54, 1.807) is 0 Å². The number of carbonyl (C=O) groups excluding carboxylic acids is 2. The van der Waals surface area contributed by atoms with Crippen molar-refractivity contribution in [3.63, 3.8) is 0 Å². The number of nitrogens with two attached hydrogens (primary N) is 1. The third-order valence-electron chi connectivity index (χ3n) is 2.47. The largest absolute Gasteiger partial charge is 0.373 e. The summed E-state index contributed by atoms with van der Waals surface area (Å²) in [7, 11) is 0. The fraction of sp³-hybridized carbons (Fsp3) is 0.273. The van der Waals surface area contributed by atoms with Gasteiger partial charge in [-0.05, 0) is 11.6 Å². The number of carbonyl (C=O) groups is 2. The zero-order valence-corrected chi connectivity index (χ0v) is 9.10. The molecule has 1 aliphatic heterocycles. The van der Waals surface area contributed by atoms with Gasteiger partial charge < -0.3 is 11.1 Å². The standard InChI is InChI=1S/C11H13N3O3/c12-10(15)6-17-14-11(16)9-5-7-3-1-2-4-8(7)13-9/h1-4,9,13H,5-6H2,(H2,12,15)(H,14,16). The molecule has 6 nitrogen and oxygen atoms in total. The molecule has 6 heteroatoms. The maximum atomic E-state index is 11.6. The smallest absolute Gasteiger partial charge is 0.266 e. The first-order chi connectivity index (χ1) is 8.16. The lowest BCUT2D eigenvalue weighted by Gasteiger charge is -2.10. The second-order valence-corrected chi connectivity index (χ2v) is 3.78. The van der Waals surface area contributed by atoms with Crippen molar-refractivity contribution in [2.45, 2.75) is 12.5 Å². The minimum Gasteiger partial charge on any atom is -0.373 e. The number of hydrogen-bond acceptors (Lipinski definition) is 4. The van der Waals surface area contributed by atoms with Gasteiger partial charge in [0, 0.05) is 12.1 Å². The van der Waals surface area contributed by atoms with Crippen LogP contribution in [0, 0.1) is 0 Å². The first-order valence-electron chi connectivity index (χ1n) is 5.21. The van der Waals surface area contributed by atoms with E-state index in [-0.39, 0.29) is 18.6 Å². The van der Waals surface area contributed by atoms with Crippen LogP contribution in [0.4, 0.5) is 5.69 Å². The summed E-state index contributed by atoms with van der Waals surface area (Å²) in [6.07, 6.45) is 0.599. The lowest BCUT2D eigenvalue weighted by atomic mass is 10.1. The summed E-state index contributed by atoms with van der Waals surface area (Å²) in [4.78, 5) is 26.7. The van der Waals surface area contributed by atoms with Crippen LogP contribution in [0.25, 0.3) is 0 Å². The van der Waals surface area contributed by atoms with Crippen molar-refractivity contribution in [3.8, 4) is 0 Å². The zero-order chi connectivity index (χ0) is 12.3. The third-order valence-corrected chi connectivity index (χ3v) is 2.47. The molecule has 1 aliphatic rings. The molecule has 1 aromatic rings. The van der Waals surface area contributed by atoms with Gasteiger partial charge in [-0.15, -0.1) is 0 Å². The van der Waals surface area contributed by atoms with Gasteiger partial charge in [0.1, 0.15) is 6.04 Å². The highest BCUT2D eigenvalue weighted by Crippen LogP contribution is 2.24. The number of fused-ring (bicyclic) bond motifs is 1. The highest BCUT2D eigenvalue weighted by atomic mass is 16.7. The van der Waals surface area contributed by atoms with E-state index in [4.69, 9.17) is 5.73 Å². The molecule has 2 amide bonds. The highest BCUT2D eigenvalue weighted by Gasteiger charge is 2.26. The molecule has 0 fully saturated rings. The van der Waals surface area contributed by atoms with Gasteiger partial charge in [-0.1, -0.05) is 18.2 Å². The minimum atomic E-state index is -0.632. The Hall–Kier alpha value is -2.08. The molecular weight excluding hydrogens is 222 g/mol. The Morgan fingerprint density at radius 1 is 1.47 bits per heavy atom. The van der Waals surface area contributed by atoms with E-state index in [9.17, 15) is 9.59 Å².